The third-order valence-electron chi connectivity index (χ3n) is 11.8. The predicted octanol–water partition coefficient (Wildman–Crippen LogP) is 13.8. The number of nitrogens with zero attached hydrogens (tertiary/aromatic N) is 6. The fourth-order valence-corrected chi connectivity index (χ4v) is 8.87. The number of para-hydroxylation sites is 2. The van der Waals surface area contributed by atoms with E-state index in [2.05, 4.69) is 191 Å². The van der Waals surface area contributed by atoms with Crippen LogP contribution in [0.15, 0.2) is 218 Å². The van der Waals surface area contributed by atoms with Crippen LogP contribution in [-0.4, -0.2) is 29.1 Å². The summed E-state index contributed by atoms with van der Waals surface area (Å²) in [5, 5.41) is 10.2. The largest absolute Gasteiger partial charge is 0.309 e. The van der Waals surface area contributed by atoms with Gasteiger partial charge in [0.2, 0.25) is 0 Å². The van der Waals surface area contributed by atoms with Gasteiger partial charge >= 0.3 is 0 Å². The first-order chi connectivity index (χ1) is 30.7. The molecule has 0 radical (unpaired) electrons. The van der Waals surface area contributed by atoms with Crippen LogP contribution >= 0.6 is 0 Å². The summed E-state index contributed by atoms with van der Waals surface area (Å²) >= 11 is 0. The Bertz CT molecular complexity index is 3540. The van der Waals surface area contributed by atoms with Gasteiger partial charge in [-0.2, -0.15) is 5.10 Å². The summed E-state index contributed by atoms with van der Waals surface area (Å²) in [5.74, 6) is 1.84. The maximum atomic E-state index is 5.39. The van der Waals surface area contributed by atoms with E-state index in [1.165, 1.54) is 21.8 Å². The fourth-order valence-electron chi connectivity index (χ4n) is 8.87. The van der Waals surface area contributed by atoms with Crippen molar-refractivity contribution in [2.24, 2.45) is 0 Å². The molecule has 0 aliphatic carbocycles. The topological polar surface area (TPSA) is 60.9 Å². The normalized spacial score (nSPS) is 11.5. The Morgan fingerprint density at radius 2 is 0.774 bits per heavy atom. The van der Waals surface area contributed by atoms with Gasteiger partial charge in [-0.05, 0) is 53.4 Å². The Labute approximate surface area is 357 Å². The van der Waals surface area contributed by atoms with Gasteiger partial charge in [0.15, 0.2) is 17.5 Å². The first-order valence-corrected chi connectivity index (χ1v) is 20.8. The molecule has 6 heteroatoms. The molecule has 0 spiro atoms. The van der Waals surface area contributed by atoms with E-state index in [1.807, 2.05) is 36.4 Å². The summed E-state index contributed by atoms with van der Waals surface area (Å²) in [7, 11) is 0. The van der Waals surface area contributed by atoms with Crippen molar-refractivity contribution in [2.75, 3.05) is 0 Å². The predicted molar refractivity (Wildman–Crippen MR) is 253 cm³/mol. The van der Waals surface area contributed by atoms with Gasteiger partial charge in [-0.1, -0.05) is 176 Å². The summed E-state index contributed by atoms with van der Waals surface area (Å²) in [6.07, 6.45) is 0. The molecule has 0 N–H and O–H groups in total. The van der Waals surface area contributed by atoms with Crippen molar-refractivity contribution < 1.29 is 0 Å². The number of benzene rings is 8. The number of pyridine rings is 1. The third kappa shape index (κ3) is 5.96. The lowest BCUT2D eigenvalue weighted by Crippen LogP contribution is -2.01. The molecular formula is C56H36N6. The minimum atomic E-state index is 0.604. The van der Waals surface area contributed by atoms with E-state index < -0.39 is 0 Å². The molecule has 12 rings (SSSR count). The van der Waals surface area contributed by atoms with E-state index in [0.29, 0.717) is 17.5 Å². The second kappa shape index (κ2) is 14.7. The van der Waals surface area contributed by atoms with Gasteiger partial charge in [-0.25, -0.2) is 19.5 Å². The van der Waals surface area contributed by atoms with E-state index >= 15 is 0 Å². The molecule has 6 nitrogen and oxygen atoms in total. The van der Waals surface area contributed by atoms with Gasteiger partial charge in [0.25, 0.3) is 0 Å². The van der Waals surface area contributed by atoms with Gasteiger partial charge in [-0.15, -0.1) is 0 Å². The number of aromatic nitrogens is 6. The van der Waals surface area contributed by atoms with Gasteiger partial charge in [0.1, 0.15) is 5.69 Å². The van der Waals surface area contributed by atoms with Crippen molar-refractivity contribution in [3.05, 3.63) is 218 Å². The maximum Gasteiger partial charge on any atom is 0.164 e. The van der Waals surface area contributed by atoms with E-state index in [-0.39, 0.29) is 0 Å². The molecule has 8 aromatic carbocycles. The minimum Gasteiger partial charge on any atom is -0.309 e. The van der Waals surface area contributed by atoms with Crippen molar-refractivity contribution in [1.29, 1.82) is 0 Å². The molecule has 0 amide bonds. The SMILES string of the molecule is c1ccc(-c2nc(-c3ccc(-c4cc5ccccc5c5c(-c6ccccc6)c(-c6ccccc6)nn45)cc3)nc(-c3ccc(-n4c5ccccc5c5ccccc54)cc3)n2)cc1. The Balaban J connectivity index is 0.977. The van der Waals surface area contributed by atoms with Gasteiger partial charge in [-0.3, -0.25) is 0 Å². The highest BCUT2D eigenvalue weighted by molar-refractivity contribution is 6.10. The number of fused-ring (bicyclic) bond motifs is 6. The molecule has 0 unspecified atom stereocenters. The molecule has 0 bridgehead atoms. The standard InChI is InChI=1S/C56H36N6/c1-4-16-38(17-5-1)51-52(39-18-6-2-7-19-39)60-62-50(36-43-22-10-11-23-45(43)53(51)62)37-28-30-41(31-29-37)55-57-54(40-20-8-3-9-21-40)58-56(59-55)42-32-34-44(35-33-42)61-48-26-14-12-24-46(48)47-25-13-15-27-49(47)61/h1-36H. The van der Waals surface area contributed by atoms with Gasteiger partial charge in [0, 0.05) is 55.2 Å². The fraction of sp³-hybridized carbons (Fsp3) is 0. The average Bonchev–Trinajstić information content (AvgIpc) is 3.92. The molecule has 12 aromatic rings. The van der Waals surface area contributed by atoms with Crippen LogP contribution in [0.5, 0.6) is 0 Å². The Morgan fingerprint density at radius 3 is 1.35 bits per heavy atom. The van der Waals surface area contributed by atoms with Crippen molar-refractivity contribution in [1.82, 2.24) is 29.1 Å². The zero-order valence-corrected chi connectivity index (χ0v) is 33.5. The zero-order chi connectivity index (χ0) is 41.0. The van der Waals surface area contributed by atoms with Crippen LogP contribution < -0.4 is 0 Å². The lowest BCUT2D eigenvalue weighted by Gasteiger charge is -2.12. The highest BCUT2D eigenvalue weighted by Crippen LogP contribution is 2.41. The number of hydrogen-bond acceptors (Lipinski definition) is 4. The number of hydrogen-bond donors (Lipinski definition) is 0. The molecule has 0 aliphatic heterocycles. The average molecular weight is 793 g/mol. The monoisotopic (exact) mass is 792 g/mol. The zero-order valence-electron chi connectivity index (χ0n) is 33.5. The minimum absolute atomic E-state index is 0.604. The highest BCUT2D eigenvalue weighted by atomic mass is 15.2. The molecule has 4 aromatic heterocycles. The highest BCUT2D eigenvalue weighted by Gasteiger charge is 2.22. The van der Waals surface area contributed by atoms with Crippen LogP contribution in [0, 0.1) is 0 Å². The van der Waals surface area contributed by atoms with Crippen LogP contribution in [0.3, 0.4) is 0 Å². The molecule has 0 aliphatic rings. The second-order valence-corrected chi connectivity index (χ2v) is 15.5. The maximum absolute atomic E-state index is 5.39. The van der Waals surface area contributed by atoms with Crippen molar-refractivity contribution in [3.8, 4) is 73.5 Å². The Kier molecular flexibility index (Phi) is 8.38. The molecular weight excluding hydrogens is 757 g/mol. The molecule has 290 valence electrons. The van der Waals surface area contributed by atoms with Crippen LogP contribution in [0.2, 0.25) is 0 Å². The van der Waals surface area contributed by atoms with Crippen molar-refractivity contribution >= 4 is 38.1 Å². The van der Waals surface area contributed by atoms with E-state index in [0.717, 1.165) is 72.3 Å². The van der Waals surface area contributed by atoms with Crippen LogP contribution in [0.1, 0.15) is 0 Å². The Hall–Kier alpha value is -8.48. The molecule has 0 fully saturated rings. The molecule has 0 atom stereocenters. The third-order valence-corrected chi connectivity index (χ3v) is 11.8. The lowest BCUT2D eigenvalue weighted by molar-refractivity contribution is 0.979. The molecule has 4 heterocycles. The summed E-state index contributed by atoms with van der Waals surface area (Å²) < 4.78 is 4.45. The summed E-state index contributed by atoms with van der Waals surface area (Å²) in [5.41, 5.74) is 13.5. The second-order valence-electron chi connectivity index (χ2n) is 15.5. The van der Waals surface area contributed by atoms with E-state index in [1.54, 1.807) is 0 Å². The first kappa shape index (κ1) is 35.5. The molecule has 0 saturated carbocycles. The van der Waals surface area contributed by atoms with Crippen molar-refractivity contribution in [2.45, 2.75) is 0 Å². The summed E-state index contributed by atoms with van der Waals surface area (Å²) in [6, 6.07) is 76.2. The van der Waals surface area contributed by atoms with Gasteiger partial charge < -0.3 is 4.57 Å². The van der Waals surface area contributed by atoms with Crippen LogP contribution in [0.4, 0.5) is 0 Å². The Morgan fingerprint density at radius 1 is 0.339 bits per heavy atom. The molecule has 0 saturated heterocycles. The van der Waals surface area contributed by atoms with Gasteiger partial charge in [0.05, 0.1) is 22.2 Å². The quantitative estimate of drug-likeness (QED) is 0.161. The smallest absolute Gasteiger partial charge is 0.164 e. The van der Waals surface area contributed by atoms with Crippen LogP contribution in [0.25, 0.3) is 112 Å². The van der Waals surface area contributed by atoms with Crippen LogP contribution in [-0.2, 0) is 0 Å². The van der Waals surface area contributed by atoms with E-state index in [4.69, 9.17) is 20.1 Å². The first-order valence-electron chi connectivity index (χ1n) is 20.8. The van der Waals surface area contributed by atoms with Crippen molar-refractivity contribution in [3.63, 3.8) is 0 Å². The molecule has 62 heavy (non-hydrogen) atoms. The number of rotatable bonds is 7. The van der Waals surface area contributed by atoms with E-state index in [9.17, 15) is 0 Å². The summed E-state index contributed by atoms with van der Waals surface area (Å²) in [4.78, 5) is 15.2. The lowest BCUT2D eigenvalue weighted by atomic mass is 9.97. The summed E-state index contributed by atoms with van der Waals surface area (Å²) in [6.45, 7) is 0.